The molecule has 2 atom stereocenters. The van der Waals surface area contributed by atoms with Crippen LogP contribution >= 0.6 is 0 Å². The highest BCUT2D eigenvalue weighted by molar-refractivity contribution is 5.91. The number of benzene rings is 2. The van der Waals surface area contributed by atoms with Gasteiger partial charge < -0.3 is 25.5 Å². The van der Waals surface area contributed by atoms with Gasteiger partial charge in [0.2, 0.25) is 5.91 Å². The van der Waals surface area contributed by atoms with E-state index >= 15 is 0 Å². The second-order valence-electron chi connectivity index (χ2n) is 7.55. The van der Waals surface area contributed by atoms with Crippen molar-refractivity contribution >= 4 is 22.9 Å². The van der Waals surface area contributed by atoms with Crippen LogP contribution in [0.5, 0.6) is 0 Å². The summed E-state index contributed by atoms with van der Waals surface area (Å²) < 4.78 is 0. The van der Waals surface area contributed by atoms with Crippen LogP contribution in [-0.2, 0) is 17.6 Å². The summed E-state index contributed by atoms with van der Waals surface area (Å²) in [6.45, 7) is 1.54. The van der Waals surface area contributed by atoms with Crippen LogP contribution < -0.4 is 15.7 Å². The average molecular weight is 419 g/mol. The van der Waals surface area contributed by atoms with E-state index < -0.39 is 23.6 Å². The van der Waals surface area contributed by atoms with Crippen molar-refractivity contribution in [3.63, 3.8) is 0 Å². The molecule has 0 saturated heterocycles. The molecule has 3 N–H and O–H groups in total. The van der Waals surface area contributed by atoms with Crippen LogP contribution in [-0.4, -0.2) is 35.1 Å². The minimum absolute atomic E-state index is 0.0334. The Balaban J connectivity index is 1.84. The maximum Gasteiger partial charge on any atom is 0.245 e. The molecule has 2 amide bonds. The number of hydrogen-bond acceptors (Lipinski definition) is 4. The predicted octanol–water partition coefficient (Wildman–Crippen LogP) is 2.44. The van der Waals surface area contributed by atoms with Crippen molar-refractivity contribution in [1.82, 2.24) is 15.6 Å². The Morgan fingerprint density at radius 2 is 1.90 bits per heavy atom. The monoisotopic (exact) mass is 419 g/mol. The van der Waals surface area contributed by atoms with Gasteiger partial charge in [0.1, 0.15) is 11.6 Å². The number of nitrogens with zero attached hydrogens (tertiary/aromatic N) is 3. The van der Waals surface area contributed by atoms with Crippen LogP contribution in [0.25, 0.3) is 21.3 Å². The van der Waals surface area contributed by atoms with Crippen LogP contribution in [0.3, 0.4) is 0 Å². The third-order valence-corrected chi connectivity index (χ3v) is 5.12. The minimum atomic E-state index is -1.55. The van der Waals surface area contributed by atoms with Gasteiger partial charge in [0.05, 0.1) is 0 Å². The molecule has 3 aromatic rings. The highest BCUT2D eigenvalue weighted by Crippen LogP contribution is 2.23. The Morgan fingerprint density at radius 1 is 1.19 bits per heavy atom. The summed E-state index contributed by atoms with van der Waals surface area (Å²) in [6, 6.07) is 16.5. The second kappa shape index (κ2) is 9.69. The molecule has 0 aliphatic rings. The molecule has 2 unspecified atom stereocenters. The topological polar surface area (TPSA) is 146 Å². The Morgan fingerprint density at radius 3 is 2.61 bits per heavy atom. The predicted molar refractivity (Wildman–Crippen MR) is 115 cm³/mol. The number of H-pyrrole nitrogens is 1. The molecule has 31 heavy (non-hydrogen) atoms. The van der Waals surface area contributed by atoms with Crippen molar-refractivity contribution in [1.29, 1.82) is 0 Å². The van der Waals surface area contributed by atoms with Gasteiger partial charge in [0, 0.05) is 41.0 Å². The third-order valence-electron chi connectivity index (χ3n) is 5.12. The molecule has 160 valence electrons. The van der Waals surface area contributed by atoms with E-state index in [1.807, 2.05) is 54.6 Å². The number of carboxylic acid groups (broad SMARTS) is 1. The van der Waals surface area contributed by atoms with Gasteiger partial charge in [-0.05, 0) is 36.1 Å². The lowest BCUT2D eigenvalue weighted by Gasteiger charge is -2.32. The van der Waals surface area contributed by atoms with Gasteiger partial charge >= 0.3 is 0 Å². The van der Waals surface area contributed by atoms with E-state index in [0.29, 0.717) is 6.42 Å². The Hall–Kier alpha value is -3.97. The number of fused-ring (bicyclic) bond motifs is 1. The first kappa shape index (κ1) is 21.7. The molecule has 1 aromatic heterocycles. The van der Waals surface area contributed by atoms with Gasteiger partial charge in [-0.15, -0.1) is 0 Å². The molecular weight excluding hydrogens is 396 g/mol. The van der Waals surface area contributed by atoms with E-state index in [0.717, 1.165) is 22.0 Å². The van der Waals surface area contributed by atoms with Crippen molar-refractivity contribution in [3.05, 3.63) is 82.4 Å². The molecule has 0 aliphatic heterocycles. The van der Waals surface area contributed by atoms with E-state index in [1.165, 1.54) is 6.92 Å². The van der Waals surface area contributed by atoms with Crippen LogP contribution in [0.15, 0.2) is 65.9 Å². The number of nitrogens with one attached hydrogen (secondary N) is 3. The molecule has 0 bridgehead atoms. The van der Waals surface area contributed by atoms with Gasteiger partial charge in [-0.1, -0.05) is 53.6 Å². The van der Waals surface area contributed by atoms with Gasteiger partial charge in [0.15, 0.2) is 0 Å². The fraction of sp³-hybridized carbons (Fsp3) is 0.273. The SMILES string of the molecule is CC(Cc1c[nH]c2ccccc12)(NC(=O)[O-])C(=O)NC(CN=[N+]=[N-])Cc1ccccc1. The smallest absolute Gasteiger partial charge is 0.245 e. The van der Waals surface area contributed by atoms with E-state index in [9.17, 15) is 14.7 Å². The normalized spacial score (nSPS) is 13.6. The van der Waals surface area contributed by atoms with Crippen molar-refractivity contribution in [2.24, 2.45) is 5.11 Å². The summed E-state index contributed by atoms with van der Waals surface area (Å²) in [5.74, 6) is -0.531. The molecule has 0 saturated carbocycles. The zero-order valence-corrected chi connectivity index (χ0v) is 17.0. The molecule has 9 nitrogen and oxygen atoms in total. The highest BCUT2D eigenvalue weighted by Gasteiger charge is 2.35. The largest absolute Gasteiger partial charge is 0.530 e. The van der Waals surface area contributed by atoms with Crippen molar-refractivity contribution < 1.29 is 14.7 Å². The molecule has 0 spiro atoms. The lowest BCUT2D eigenvalue weighted by molar-refractivity contribution is -0.252. The summed E-state index contributed by atoms with van der Waals surface area (Å²) in [5, 5.41) is 21.0. The van der Waals surface area contributed by atoms with Crippen LogP contribution in [0, 0.1) is 0 Å². The summed E-state index contributed by atoms with van der Waals surface area (Å²) in [7, 11) is 0. The highest BCUT2D eigenvalue weighted by atomic mass is 16.4. The quantitative estimate of drug-likeness (QED) is 0.278. The Bertz CT molecular complexity index is 1110. The van der Waals surface area contributed by atoms with E-state index in [2.05, 4.69) is 25.6 Å². The minimum Gasteiger partial charge on any atom is -0.530 e. The zero-order chi connectivity index (χ0) is 22.3. The number of azide groups is 1. The first-order valence-electron chi connectivity index (χ1n) is 9.81. The van der Waals surface area contributed by atoms with E-state index in [-0.39, 0.29) is 13.0 Å². The van der Waals surface area contributed by atoms with Crippen molar-refractivity contribution in [2.75, 3.05) is 6.54 Å². The first-order chi connectivity index (χ1) is 14.9. The molecule has 0 aliphatic carbocycles. The van der Waals surface area contributed by atoms with Crippen LogP contribution in [0.1, 0.15) is 18.1 Å². The van der Waals surface area contributed by atoms with Crippen molar-refractivity contribution in [2.45, 2.75) is 31.3 Å². The standard InChI is InChI=1S/C22H24N6O3/c1-22(27-21(30)31,12-16-13-24-19-10-6-5-9-18(16)19)20(29)26-17(14-25-28-23)11-15-7-3-2-4-8-15/h2-10,13,17,24,27H,11-12,14H2,1H3,(H,26,29)(H,30,31)/p-1. The number of rotatable bonds is 9. The Labute approximate surface area is 179 Å². The lowest BCUT2D eigenvalue weighted by atomic mass is 9.91. The summed E-state index contributed by atoms with van der Waals surface area (Å²) >= 11 is 0. The van der Waals surface area contributed by atoms with Gasteiger partial charge in [-0.25, -0.2) is 0 Å². The fourth-order valence-electron chi connectivity index (χ4n) is 3.60. The van der Waals surface area contributed by atoms with Crippen molar-refractivity contribution in [3.8, 4) is 0 Å². The Kier molecular flexibility index (Phi) is 6.79. The number of aromatic nitrogens is 1. The molecule has 9 heteroatoms. The molecule has 3 rings (SSSR count). The number of carbonyl (C=O) groups is 2. The summed E-state index contributed by atoms with van der Waals surface area (Å²) in [5.41, 5.74) is 9.85. The molecule has 1 heterocycles. The summed E-state index contributed by atoms with van der Waals surface area (Å²) in [4.78, 5) is 30.5. The maximum absolute atomic E-state index is 13.2. The fourth-order valence-corrected chi connectivity index (χ4v) is 3.60. The van der Waals surface area contributed by atoms with E-state index in [4.69, 9.17) is 5.53 Å². The maximum atomic E-state index is 13.2. The lowest BCUT2D eigenvalue weighted by Crippen LogP contribution is -2.62. The zero-order valence-electron chi connectivity index (χ0n) is 17.0. The van der Waals surface area contributed by atoms with Crippen LogP contribution in [0.2, 0.25) is 0 Å². The number of amides is 2. The average Bonchev–Trinajstić information content (AvgIpc) is 3.14. The first-order valence-corrected chi connectivity index (χ1v) is 9.81. The van der Waals surface area contributed by atoms with E-state index in [1.54, 1.807) is 6.20 Å². The molecule has 0 fully saturated rings. The van der Waals surface area contributed by atoms with Gasteiger partial charge in [0.25, 0.3) is 0 Å². The molecular formula is C22H23N6O3-. The van der Waals surface area contributed by atoms with Gasteiger partial charge in [-0.2, -0.15) is 0 Å². The number of aromatic amines is 1. The molecule has 2 aromatic carbocycles. The van der Waals surface area contributed by atoms with Gasteiger partial charge in [-0.3, -0.25) is 4.79 Å². The number of hydrogen-bond donors (Lipinski definition) is 3. The van der Waals surface area contributed by atoms with Crippen LogP contribution in [0.4, 0.5) is 4.79 Å². The number of carbonyl (C=O) groups excluding carboxylic acids is 2. The number of para-hydroxylation sites is 1. The summed E-state index contributed by atoms with van der Waals surface area (Å²) in [6.07, 6.45) is 0.748. The third kappa shape index (κ3) is 5.55. The second-order valence-corrected chi connectivity index (χ2v) is 7.55. The molecule has 0 radical (unpaired) electrons.